The van der Waals surface area contributed by atoms with Crippen molar-refractivity contribution in [3.63, 3.8) is 0 Å². The number of hydrogen-bond acceptors (Lipinski definition) is 2. The third-order valence-electron chi connectivity index (χ3n) is 4.60. The molecule has 0 aromatic carbocycles. The zero-order valence-electron chi connectivity index (χ0n) is 12.2. The Morgan fingerprint density at radius 1 is 1.30 bits per heavy atom. The van der Waals surface area contributed by atoms with Gasteiger partial charge >= 0.3 is 0 Å². The van der Waals surface area contributed by atoms with E-state index in [9.17, 15) is 0 Å². The average molecular weight is 292 g/mol. The molecule has 0 spiro atoms. The maximum Gasteiger partial charge on any atom is 0.152 e. The molecular weight excluding hydrogens is 270 g/mol. The monoisotopic (exact) mass is 291 g/mol. The molecule has 2 aromatic rings. The molecule has 1 fully saturated rings. The topological polar surface area (TPSA) is 20.5 Å². The molecule has 3 rings (SSSR count). The first-order valence-corrected chi connectivity index (χ1v) is 7.99. The number of halogens is 1. The van der Waals surface area contributed by atoms with Crippen molar-refractivity contribution in [2.24, 2.45) is 5.92 Å². The van der Waals surface area contributed by atoms with Gasteiger partial charge in [0.15, 0.2) is 5.82 Å². The Hall–Kier alpha value is -1.22. The van der Waals surface area contributed by atoms with Crippen molar-refractivity contribution < 1.29 is 0 Å². The van der Waals surface area contributed by atoms with Gasteiger partial charge in [-0.25, -0.2) is 4.98 Å². The summed E-state index contributed by atoms with van der Waals surface area (Å²) in [6, 6.07) is 6.68. The Kier molecular flexibility index (Phi) is 3.88. The number of fused-ring (bicyclic) bond motifs is 1. The Labute approximate surface area is 125 Å². The van der Waals surface area contributed by atoms with Crippen molar-refractivity contribution in [3.05, 3.63) is 30.1 Å². The number of rotatable bonds is 3. The third-order valence-corrected chi connectivity index (χ3v) is 4.85. The molecule has 4 heteroatoms. The highest BCUT2D eigenvalue weighted by Crippen LogP contribution is 2.31. The van der Waals surface area contributed by atoms with Crippen LogP contribution in [0.3, 0.4) is 0 Å². The molecule has 0 N–H and O–H groups in total. The molecule has 0 amide bonds. The Balaban J connectivity index is 1.92. The van der Waals surface area contributed by atoms with E-state index < -0.39 is 0 Å². The van der Waals surface area contributed by atoms with Crippen LogP contribution in [0.25, 0.3) is 5.65 Å². The van der Waals surface area contributed by atoms with Crippen molar-refractivity contribution in [2.75, 3.05) is 11.9 Å². The number of imidazole rings is 1. The number of nitrogens with zero attached hydrogens (tertiary/aromatic N) is 3. The van der Waals surface area contributed by atoms with Gasteiger partial charge in [-0.05, 0) is 43.7 Å². The average Bonchev–Trinajstić information content (AvgIpc) is 2.85. The minimum atomic E-state index is 0.494. The van der Waals surface area contributed by atoms with Gasteiger partial charge < -0.3 is 9.30 Å². The van der Waals surface area contributed by atoms with Crippen molar-refractivity contribution >= 4 is 23.1 Å². The lowest BCUT2D eigenvalue weighted by molar-refractivity contribution is 0.340. The van der Waals surface area contributed by atoms with Gasteiger partial charge in [-0.1, -0.05) is 13.0 Å². The van der Waals surface area contributed by atoms with Crippen molar-refractivity contribution in [2.45, 2.75) is 44.5 Å². The molecule has 1 saturated carbocycles. The van der Waals surface area contributed by atoms with E-state index in [1.807, 2.05) is 24.4 Å². The number of alkyl halides is 1. The molecule has 3 nitrogen and oxygen atoms in total. The second-order valence-electron chi connectivity index (χ2n) is 5.97. The molecule has 0 aliphatic heterocycles. The lowest BCUT2D eigenvalue weighted by atomic mass is 9.87. The predicted molar refractivity (Wildman–Crippen MR) is 84.6 cm³/mol. The van der Waals surface area contributed by atoms with Crippen molar-refractivity contribution in [3.8, 4) is 0 Å². The number of anilines is 1. The normalized spacial score (nSPS) is 23.1. The summed E-state index contributed by atoms with van der Waals surface area (Å²) in [5.41, 5.74) is 2.08. The van der Waals surface area contributed by atoms with E-state index in [2.05, 4.69) is 23.3 Å². The molecule has 2 aromatic heterocycles. The Morgan fingerprint density at radius 3 is 2.75 bits per heavy atom. The first-order chi connectivity index (χ1) is 9.70. The standard InChI is InChI=1S/C16H22ClN3/c1-12-6-8-13(9-7-12)19(2)16-14(11-17)20-10-4-3-5-15(20)18-16/h3-5,10,12-13H,6-9,11H2,1-2H3. The minimum Gasteiger partial charge on any atom is -0.355 e. The van der Waals surface area contributed by atoms with E-state index in [1.165, 1.54) is 25.7 Å². The largest absolute Gasteiger partial charge is 0.355 e. The fourth-order valence-electron chi connectivity index (χ4n) is 3.24. The molecule has 0 bridgehead atoms. The van der Waals surface area contributed by atoms with Crippen LogP contribution in [-0.4, -0.2) is 22.5 Å². The van der Waals surface area contributed by atoms with Crippen LogP contribution in [0.4, 0.5) is 5.82 Å². The third kappa shape index (κ3) is 2.39. The summed E-state index contributed by atoms with van der Waals surface area (Å²) in [7, 11) is 2.17. The van der Waals surface area contributed by atoms with Gasteiger partial charge in [-0.3, -0.25) is 0 Å². The molecule has 2 heterocycles. The fourth-order valence-corrected chi connectivity index (χ4v) is 3.49. The van der Waals surface area contributed by atoms with Gasteiger partial charge in [-0.15, -0.1) is 11.6 Å². The van der Waals surface area contributed by atoms with E-state index in [0.29, 0.717) is 11.9 Å². The van der Waals surface area contributed by atoms with Gasteiger partial charge in [-0.2, -0.15) is 0 Å². The van der Waals surface area contributed by atoms with Crippen LogP contribution in [0.5, 0.6) is 0 Å². The van der Waals surface area contributed by atoms with Crippen LogP contribution in [0.15, 0.2) is 24.4 Å². The molecule has 0 saturated heterocycles. The highest BCUT2D eigenvalue weighted by molar-refractivity contribution is 6.17. The zero-order valence-corrected chi connectivity index (χ0v) is 13.0. The summed E-state index contributed by atoms with van der Waals surface area (Å²) < 4.78 is 2.10. The first-order valence-electron chi connectivity index (χ1n) is 7.45. The number of aromatic nitrogens is 2. The Morgan fingerprint density at radius 2 is 2.05 bits per heavy atom. The van der Waals surface area contributed by atoms with Gasteiger partial charge in [0.05, 0.1) is 11.6 Å². The van der Waals surface area contributed by atoms with Crippen LogP contribution in [0, 0.1) is 5.92 Å². The minimum absolute atomic E-state index is 0.494. The molecule has 0 atom stereocenters. The summed E-state index contributed by atoms with van der Waals surface area (Å²) in [5, 5.41) is 0. The van der Waals surface area contributed by atoms with Crippen LogP contribution in [0.1, 0.15) is 38.3 Å². The molecule has 1 aliphatic carbocycles. The smallest absolute Gasteiger partial charge is 0.152 e. The lowest BCUT2D eigenvalue weighted by Crippen LogP contribution is -2.35. The molecule has 0 unspecified atom stereocenters. The predicted octanol–water partition coefficient (Wildman–Crippen LogP) is 4.09. The van der Waals surface area contributed by atoms with Gasteiger partial charge in [0.25, 0.3) is 0 Å². The molecule has 0 radical (unpaired) electrons. The van der Waals surface area contributed by atoms with Gasteiger partial charge in [0.1, 0.15) is 5.65 Å². The second-order valence-corrected chi connectivity index (χ2v) is 6.24. The highest BCUT2D eigenvalue weighted by Gasteiger charge is 2.25. The van der Waals surface area contributed by atoms with Crippen molar-refractivity contribution in [1.29, 1.82) is 0 Å². The maximum absolute atomic E-state index is 6.17. The summed E-state index contributed by atoms with van der Waals surface area (Å²) >= 11 is 6.17. The van der Waals surface area contributed by atoms with Crippen LogP contribution >= 0.6 is 11.6 Å². The van der Waals surface area contributed by atoms with E-state index in [-0.39, 0.29) is 0 Å². The Bertz CT molecular complexity index is 584. The fraction of sp³-hybridized carbons (Fsp3) is 0.562. The van der Waals surface area contributed by atoms with E-state index in [0.717, 1.165) is 23.1 Å². The quantitative estimate of drug-likeness (QED) is 0.794. The zero-order chi connectivity index (χ0) is 14.1. The SMILES string of the molecule is CC1CCC(N(C)c2nc3ccccn3c2CCl)CC1. The molecule has 20 heavy (non-hydrogen) atoms. The van der Waals surface area contributed by atoms with E-state index in [1.54, 1.807) is 0 Å². The van der Waals surface area contributed by atoms with E-state index in [4.69, 9.17) is 16.6 Å². The molecule has 1 aliphatic rings. The molecule has 108 valence electrons. The number of pyridine rings is 1. The maximum atomic E-state index is 6.17. The second kappa shape index (κ2) is 5.65. The van der Waals surface area contributed by atoms with E-state index >= 15 is 0 Å². The summed E-state index contributed by atoms with van der Waals surface area (Å²) in [6.07, 6.45) is 7.19. The lowest BCUT2D eigenvalue weighted by Gasteiger charge is -2.34. The van der Waals surface area contributed by atoms with Crippen LogP contribution in [-0.2, 0) is 5.88 Å². The first kappa shape index (κ1) is 13.7. The molecular formula is C16H22ClN3. The van der Waals surface area contributed by atoms with Gasteiger partial charge in [0.2, 0.25) is 0 Å². The number of hydrogen-bond donors (Lipinski definition) is 0. The van der Waals surface area contributed by atoms with Crippen LogP contribution < -0.4 is 4.90 Å². The van der Waals surface area contributed by atoms with Crippen molar-refractivity contribution in [1.82, 2.24) is 9.38 Å². The highest BCUT2D eigenvalue weighted by atomic mass is 35.5. The summed E-state index contributed by atoms with van der Waals surface area (Å²) in [6.45, 7) is 2.35. The van der Waals surface area contributed by atoms with Crippen LogP contribution in [0.2, 0.25) is 0 Å². The summed E-state index contributed by atoms with van der Waals surface area (Å²) in [5.74, 6) is 2.41. The van der Waals surface area contributed by atoms with Gasteiger partial charge in [0, 0.05) is 19.3 Å². The summed E-state index contributed by atoms with van der Waals surface area (Å²) in [4.78, 5) is 7.13.